The van der Waals surface area contributed by atoms with Gasteiger partial charge in [-0.05, 0) is 25.0 Å². The first-order valence-corrected chi connectivity index (χ1v) is 6.72. The van der Waals surface area contributed by atoms with Crippen molar-refractivity contribution in [3.8, 4) is 0 Å². The maximum absolute atomic E-state index is 12.1. The molecule has 2 aromatic heterocycles. The van der Waals surface area contributed by atoms with E-state index in [1.54, 1.807) is 10.6 Å². The highest BCUT2D eigenvalue weighted by Gasteiger charge is 2.34. The number of fused-ring (bicyclic) bond motifs is 1. The molecule has 3 rings (SSSR count). The molecule has 1 fully saturated rings. The predicted octanol–water partition coefficient (Wildman–Crippen LogP) is 1.16. The summed E-state index contributed by atoms with van der Waals surface area (Å²) in [5, 5.41) is 22.9. The predicted molar refractivity (Wildman–Crippen MR) is 73.4 cm³/mol. The Morgan fingerprint density at radius 1 is 1.35 bits per heavy atom. The second-order valence-electron chi connectivity index (χ2n) is 5.18. The SMILES string of the molecule is O=C(Nc1nnc2ccccn12)NC1(CO)CCCC1. The topological polar surface area (TPSA) is 91.6 Å². The summed E-state index contributed by atoms with van der Waals surface area (Å²) in [6.07, 6.45) is 5.43. The lowest BCUT2D eigenvalue weighted by atomic mass is 9.99. The Hall–Kier alpha value is -2.15. The molecule has 0 saturated heterocycles. The molecule has 2 amide bonds. The first kappa shape index (κ1) is 12.9. The minimum absolute atomic E-state index is 0.0407. The summed E-state index contributed by atoms with van der Waals surface area (Å²) in [4.78, 5) is 12.1. The molecule has 0 aliphatic heterocycles. The van der Waals surface area contributed by atoms with Crippen molar-refractivity contribution in [2.24, 2.45) is 0 Å². The number of carbonyl (C=O) groups is 1. The lowest BCUT2D eigenvalue weighted by molar-refractivity contribution is 0.167. The zero-order valence-electron chi connectivity index (χ0n) is 11.0. The van der Waals surface area contributed by atoms with Gasteiger partial charge in [-0.25, -0.2) is 4.79 Å². The molecule has 0 radical (unpaired) electrons. The third kappa shape index (κ3) is 2.32. The number of nitrogens with one attached hydrogen (secondary N) is 2. The van der Waals surface area contributed by atoms with Crippen molar-refractivity contribution >= 4 is 17.6 Å². The fourth-order valence-corrected chi connectivity index (χ4v) is 2.67. The molecule has 0 unspecified atom stereocenters. The molecule has 0 spiro atoms. The molecule has 3 N–H and O–H groups in total. The van der Waals surface area contributed by atoms with Crippen LogP contribution in [0.1, 0.15) is 25.7 Å². The molecule has 1 saturated carbocycles. The van der Waals surface area contributed by atoms with Gasteiger partial charge in [-0.1, -0.05) is 18.9 Å². The second kappa shape index (κ2) is 5.09. The van der Waals surface area contributed by atoms with Gasteiger partial charge in [-0.15, -0.1) is 10.2 Å². The van der Waals surface area contributed by atoms with E-state index in [2.05, 4.69) is 20.8 Å². The van der Waals surface area contributed by atoms with Crippen LogP contribution in [0.5, 0.6) is 0 Å². The monoisotopic (exact) mass is 275 g/mol. The number of hydrogen-bond acceptors (Lipinski definition) is 4. The van der Waals surface area contributed by atoms with Gasteiger partial charge in [0.1, 0.15) is 0 Å². The number of amides is 2. The standard InChI is InChI=1S/C13H17N5O2/c19-9-13(6-2-3-7-13)15-12(20)14-11-17-16-10-5-1-4-8-18(10)11/h1,4-5,8,19H,2-3,6-7,9H2,(H2,14,15,17,20). The number of aliphatic hydroxyl groups is 1. The molecule has 0 aromatic carbocycles. The van der Waals surface area contributed by atoms with Gasteiger partial charge in [0.05, 0.1) is 12.1 Å². The molecule has 7 heteroatoms. The summed E-state index contributed by atoms with van der Waals surface area (Å²) in [6.45, 7) is -0.0407. The summed E-state index contributed by atoms with van der Waals surface area (Å²) < 4.78 is 1.69. The number of carbonyl (C=O) groups excluding carboxylic acids is 1. The molecule has 106 valence electrons. The van der Waals surface area contributed by atoms with Gasteiger partial charge in [0, 0.05) is 6.20 Å². The molecule has 7 nitrogen and oxygen atoms in total. The molecule has 0 bridgehead atoms. The van der Waals surface area contributed by atoms with Crippen LogP contribution >= 0.6 is 0 Å². The van der Waals surface area contributed by atoms with Crippen LogP contribution in [0.2, 0.25) is 0 Å². The van der Waals surface area contributed by atoms with Gasteiger partial charge in [0.15, 0.2) is 5.65 Å². The van der Waals surface area contributed by atoms with E-state index in [-0.39, 0.29) is 12.6 Å². The molecular formula is C13H17N5O2. The number of anilines is 1. The Morgan fingerprint density at radius 2 is 2.15 bits per heavy atom. The number of pyridine rings is 1. The van der Waals surface area contributed by atoms with E-state index in [0.29, 0.717) is 11.6 Å². The van der Waals surface area contributed by atoms with E-state index in [0.717, 1.165) is 25.7 Å². The number of hydrogen-bond donors (Lipinski definition) is 3. The zero-order valence-corrected chi connectivity index (χ0v) is 11.0. The number of rotatable bonds is 3. The van der Waals surface area contributed by atoms with Crippen LogP contribution in [-0.2, 0) is 0 Å². The Morgan fingerprint density at radius 3 is 2.90 bits per heavy atom. The van der Waals surface area contributed by atoms with Crippen LogP contribution < -0.4 is 10.6 Å². The Bertz CT molecular complexity index is 618. The van der Waals surface area contributed by atoms with E-state index in [1.165, 1.54) is 0 Å². The molecule has 0 atom stereocenters. The van der Waals surface area contributed by atoms with Crippen molar-refractivity contribution in [2.45, 2.75) is 31.2 Å². The second-order valence-corrected chi connectivity index (χ2v) is 5.18. The van der Waals surface area contributed by atoms with Gasteiger partial charge in [-0.3, -0.25) is 9.72 Å². The number of urea groups is 1. The summed E-state index contributed by atoms with van der Waals surface area (Å²) in [7, 11) is 0. The van der Waals surface area contributed by atoms with Crippen LogP contribution in [0.4, 0.5) is 10.7 Å². The largest absolute Gasteiger partial charge is 0.394 e. The molecule has 2 heterocycles. The summed E-state index contributed by atoms with van der Waals surface area (Å²) in [5.41, 5.74) is 0.172. The van der Waals surface area contributed by atoms with Gasteiger partial charge in [-0.2, -0.15) is 0 Å². The normalized spacial score (nSPS) is 17.2. The van der Waals surface area contributed by atoms with Crippen LogP contribution in [-0.4, -0.2) is 37.9 Å². The maximum Gasteiger partial charge on any atom is 0.322 e. The van der Waals surface area contributed by atoms with Crippen LogP contribution in [0.25, 0.3) is 5.65 Å². The van der Waals surface area contributed by atoms with E-state index < -0.39 is 5.54 Å². The van der Waals surface area contributed by atoms with E-state index in [9.17, 15) is 9.90 Å². The highest BCUT2D eigenvalue weighted by atomic mass is 16.3. The molecule has 2 aromatic rings. The Balaban J connectivity index is 1.73. The van der Waals surface area contributed by atoms with Gasteiger partial charge >= 0.3 is 6.03 Å². The Kier molecular flexibility index (Phi) is 3.27. The van der Waals surface area contributed by atoms with Crippen LogP contribution in [0, 0.1) is 0 Å². The number of aromatic nitrogens is 3. The first-order chi connectivity index (χ1) is 9.72. The third-order valence-electron chi connectivity index (χ3n) is 3.78. The number of aliphatic hydroxyl groups excluding tert-OH is 1. The molecule has 1 aliphatic carbocycles. The van der Waals surface area contributed by atoms with E-state index in [1.807, 2.05) is 18.2 Å². The van der Waals surface area contributed by atoms with Crippen molar-refractivity contribution < 1.29 is 9.90 Å². The zero-order chi connectivity index (χ0) is 14.0. The van der Waals surface area contributed by atoms with Crippen LogP contribution in [0.15, 0.2) is 24.4 Å². The minimum Gasteiger partial charge on any atom is -0.394 e. The lowest BCUT2D eigenvalue weighted by Gasteiger charge is -2.27. The Labute approximate surface area is 116 Å². The van der Waals surface area contributed by atoms with Gasteiger partial charge in [0.2, 0.25) is 5.95 Å². The highest BCUT2D eigenvalue weighted by Crippen LogP contribution is 2.29. The minimum atomic E-state index is -0.495. The summed E-state index contributed by atoms with van der Waals surface area (Å²) in [5.74, 6) is 0.365. The third-order valence-corrected chi connectivity index (χ3v) is 3.78. The fraction of sp³-hybridized carbons (Fsp3) is 0.462. The van der Waals surface area contributed by atoms with Crippen molar-refractivity contribution in [3.05, 3.63) is 24.4 Å². The first-order valence-electron chi connectivity index (χ1n) is 6.72. The number of nitrogens with zero attached hydrogens (tertiary/aromatic N) is 3. The van der Waals surface area contributed by atoms with Crippen molar-refractivity contribution in [1.82, 2.24) is 19.9 Å². The quantitative estimate of drug-likeness (QED) is 0.783. The van der Waals surface area contributed by atoms with Gasteiger partial charge < -0.3 is 10.4 Å². The average Bonchev–Trinajstić information content (AvgIpc) is 3.07. The smallest absolute Gasteiger partial charge is 0.322 e. The average molecular weight is 275 g/mol. The van der Waals surface area contributed by atoms with Crippen LogP contribution in [0.3, 0.4) is 0 Å². The van der Waals surface area contributed by atoms with Crippen molar-refractivity contribution in [1.29, 1.82) is 0 Å². The maximum atomic E-state index is 12.1. The molecule has 1 aliphatic rings. The summed E-state index contributed by atoms with van der Waals surface area (Å²) >= 11 is 0. The molecule has 20 heavy (non-hydrogen) atoms. The van der Waals surface area contributed by atoms with Gasteiger partial charge in [0.25, 0.3) is 0 Å². The lowest BCUT2D eigenvalue weighted by Crippen LogP contribution is -2.50. The molecular weight excluding hydrogens is 258 g/mol. The van der Waals surface area contributed by atoms with E-state index >= 15 is 0 Å². The van der Waals surface area contributed by atoms with Crippen molar-refractivity contribution in [2.75, 3.05) is 11.9 Å². The van der Waals surface area contributed by atoms with Crippen molar-refractivity contribution in [3.63, 3.8) is 0 Å². The summed E-state index contributed by atoms with van der Waals surface area (Å²) in [6, 6.07) is 5.14. The van der Waals surface area contributed by atoms with E-state index in [4.69, 9.17) is 0 Å². The highest BCUT2D eigenvalue weighted by molar-refractivity contribution is 5.88. The fourth-order valence-electron chi connectivity index (χ4n) is 2.67.